The molecular formula is C19H25N3O3S. The van der Waals surface area contributed by atoms with E-state index in [-0.39, 0.29) is 11.8 Å². The van der Waals surface area contributed by atoms with Crippen molar-refractivity contribution in [2.75, 3.05) is 20.2 Å². The topological polar surface area (TPSA) is 71.5 Å². The van der Waals surface area contributed by atoms with Crippen molar-refractivity contribution in [3.8, 4) is 5.75 Å². The predicted molar refractivity (Wildman–Crippen MR) is 103 cm³/mol. The molecule has 0 atom stereocenters. The molecule has 1 heterocycles. The third-order valence-corrected chi connectivity index (χ3v) is 4.60. The van der Waals surface area contributed by atoms with Gasteiger partial charge in [0.15, 0.2) is 0 Å². The van der Waals surface area contributed by atoms with E-state index < -0.39 is 0 Å². The highest BCUT2D eigenvalue weighted by Crippen LogP contribution is 2.21. The van der Waals surface area contributed by atoms with E-state index in [1.165, 1.54) is 11.3 Å². The van der Waals surface area contributed by atoms with E-state index in [4.69, 9.17) is 4.74 Å². The van der Waals surface area contributed by atoms with E-state index in [0.717, 1.165) is 17.8 Å². The number of methoxy groups -OCH3 is 1. The van der Waals surface area contributed by atoms with Gasteiger partial charge in [-0.3, -0.25) is 9.59 Å². The van der Waals surface area contributed by atoms with Gasteiger partial charge in [-0.25, -0.2) is 4.98 Å². The largest absolute Gasteiger partial charge is 0.496 e. The third-order valence-electron chi connectivity index (χ3n) is 3.76. The van der Waals surface area contributed by atoms with E-state index in [2.05, 4.69) is 10.3 Å². The van der Waals surface area contributed by atoms with E-state index >= 15 is 0 Å². The summed E-state index contributed by atoms with van der Waals surface area (Å²) in [5, 5.41) is 5.29. The van der Waals surface area contributed by atoms with Gasteiger partial charge < -0.3 is 15.0 Å². The van der Waals surface area contributed by atoms with Crippen molar-refractivity contribution in [3.63, 3.8) is 0 Å². The second-order valence-electron chi connectivity index (χ2n) is 5.81. The number of hydrogen-bond acceptors (Lipinski definition) is 5. The van der Waals surface area contributed by atoms with Crippen molar-refractivity contribution in [2.24, 2.45) is 0 Å². The molecule has 0 fully saturated rings. The average molecular weight is 375 g/mol. The Morgan fingerprint density at radius 2 is 2.00 bits per heavy atom. The van der Waals surface area contributed by atoms with Crippen molar-refractivity contribution in [1.29, 1.82) is 0 Å². The molecule has 7 heteroatoms. The number of amides is 2. The molecule has 1 aromatic heterocycles. The number of thiazole rings is 1. The Kier molecular flexibility index (Phi) is 7.59. The van der Waals surface area contributed by atoms with Gasteiger partial charge >= 0.3 is 0 Å². The number of aromatic nitrogens is 1. The van der Waals surface area contributed by atoms with Gasteiger partial charge in [-0.2, -0.15) is 0 Å². The van der Waals surface area contributed by atoms with Gasteiger partial charge in [-0.1, -0.05) is 26.0 Å². The predicted octanol–water partition coefficient (Wildman–Crippen LogP) is 3.34. The van der Waals surface area contributed by atoms with Gasteiger partial charge in [-0.05, 0) is 25.0 Å². The normalized spacial score (nSPS) is 10.4. The van der Waals surface area contributed by atoms with Crippen LogP contribution in [0.3, 0.4) is 0 Å². The molecule has 0 radical (unpaired) electrons. The lowest BCUT2D eigenvalue weighted by Crippen LogP contribution is -2.31. The van der Waals surface area contributed by atoms with Crippen molar-refractivity contribution >= 4 is 23.2 Å². The van der Waals surface area contributed by atoms with Crippen LogP contribution in [0.1, 0.15) is 52.5 Å². The molecule has 2 rings (SSSR count). The van der Waals surface area contributed by atoms with Crippen LogP contribution in [0.5, 0.6) is 5.75 Å². The zero-order valence-electron chi connectivity index (χ0n) is 15.4. The summed E-state index contributed by atoms with van der Waals surface area (Å²) in [4.78, 5) is 31.1. The second kappa shape index (κ2) is 9.91. The lowest BCUT2D eigenvalue weighted by Gasteiger charge is -2.22. The fourth-order valence-corrected chi connectivity index (χ4v) is 3.28. The fourth-order valence-electron chi connectivity index (χ4n) is 2.49. The molecule has 6 nitrogen and oxygen atoms in total. The van der Waals surface area contributed by atoms with E-state index in [1.807, 2.05) is 26.0 Å². The van der Waals surface area contributed by atoms with Crippen LogP contribution in [-0.2, 0) is 6.54 Å². The molecule has 1 N–H and O–H groups in total. The number of carbonyl (C=O) groups excluding carboxylic acids is 2. The van der Waals surface area contributed by atoms with E-state index in [1.54, 1.807) is 29.5 Å². The monoisotopic (exact) mass is 375 g/mol. The van der Waals surface area contributed by atoms with Crippen LogP contribution >= 0.6 is 11.3 Å². The molecule has 2 aromatic rings. The number of nitrogens with zero attached hydrogens (tertiary/aromatic N) is 2. The van der Waals surface area contributed by atoms with E-state index in [0.29, 0.717) is 36.6 Å². The Balaban J connectivity index is 2.14. The lowest BCUT2D eigenvalue weighted by molar-refractivity contribution is 0.0739. The maximum absolute atomic E-state index is 12.9. The summed E-state index contributed by atoms with van der Waals surface area (Å²) in [5.74, 6) is 0.279. The maximum atomic E-state index is 12.9. The maximum Gasteiger partial charge on any atom is 0.270 e. The van der Waals surface area contributed by atoms with Gasteiger partial charge in [0, 0.05) is 18.5 Å². The molecule has 0 unspecified atom stereocenters. The first-order valence-corrected chi connectivity index (χ1v) is 9.63. The summed E-state index contributed by atoms with van der Waals surface area (Å²) in [7, 11) is 1.55. The summed E-state index contributed by atoms with van der Waals surface area (Å²) in [6.45, 7) is 5.62. The minimum absolute atomic E-state index is 0.100. The summed E-state index contributed by atoms with van der Waals surface area (Å²) in [6, 6.07) is 7.19. The third kappa shape index (κ3) is 5.05. The minimum atomic E-state index is -0.174. The summed E-state index contributed by atoms with van der Waals surface area (Å²) in [6.07, 6.45) is 1.70. The first kappa shape index (κ1) is 19.9. The van der Waals surface area contributed by atoms with Crippen LogP contribution in [0.4, 0.5) is 0 Å². The van der Waals surface area contributed by atoms with Crippen molar-refractivity contribution in [1.82, 2.24) is 15.2 Å². The molecule has 0 bridgehead atoms. The number of benzene rings is 1. The highest BCUT2D eigenvalue weighted by atomic mass is 32.1. The fraction of sp³-hybridized carbons (Fsp3) is 0.421. The molecule has 0 saturated heterocycles. The second-order valence-corrected chi connectivity index (χ2v) is 6.75. The number of nitrogens with one attached hydrogen (secondary N) is 1. The molecule has 1 aromatic carbocycles. The SMILES string of the molecule is CCCNC(=O)c1csc(CN(CCC)C(=O)c2ccccc2OC)n1. The van der Waals surface area contributed by atoms with Crippen LogP contribution in [0, 0.1) is 0 Å². The zero-order valence-corrected chi connectivity index (χ0v) is 16.3. The minimum Gasteiger partial charge on any atom is -0.496 e. The Hall–Kier alpha value is -2.41. The van der Waals surface area contributed by atoms with Gasteiger partial charge in [-0.15, -0.1) is 11.3 Å². The summed E-state index contributed by atoms with van der Waals surface area (Å²) >= 11 is 1.39. The van der Waals surface area contributed by atoms with Crippen LogP contribution in [-0.4, -0.2) is 41.9 Å². The molecule has 0 saturated carbocycles. The average Bonchev–Trinajstić information content (AvgIpc) is 3.13. The number of hydrogen-bond donors (Lipinski definition) is 1. The van der Waals surface area contributed by atoms with E-state index in [9.17, 15) is 9.59 Å². The van der Waals surface area contributed by atoms with Gasteiger partial charge in [0.05, 0.1) is 19.2 Å². The summed E-state index contributed by atoms with van der Waals surface area (Å²) in [5.41, 5.74) is 0.931. The van der Waals surface area contributed by atoms with Crippen LogP contribution in [0.15, 0.2) is 29.6 Å². The van der Waals surface area contributed by atoms with Crippen molar-refractivity contribution in [3.05, 3.63) is 45.9 Å². The first-order valence-electron chi connectivity index (χ1n) is 8.75. The number of para-hydroxylation sites is 1. The highest BCUT2D eigenvalue weighted by molar-refractivity contribution is 7.09. The molecule has 140 valence electrons. The van der Waals surface area contributed by atoms with Crippen LogP contribution in [0.2, 0.25) is 0 Å². The number of carbonyl (C=O) groups is 2. The Bertz CT molecular complexity index is 745. The molecule has 0 aliphatic carbocycles. The quantitative estimate of drug-likeness (QED) is 0.730. The Morgan fingerprint density at radius 3 is 2.69 bits per heavy atom. The zero-order chi connectivity index (χ0) is 18.9. The molecular weight excluding hydrogens is 350 g/mol. The lowest BCUT2D eigenvalue weighted by atomic mass is 10.1. The highest BCUT2D eigenvalue weighted by Gasteiger charge is 2.20. The standard InChI is InChI=1S/C19H25N3O3S/c1-4-10-20-18(23)15-13-26-17(21-15)12-22(11-5-2)19(24)14-8-6-7-9-16(14)25-3/h6-9,13H,4-5,10-12H2,1-3H3,(H,20,23). The smallest absolute Gasteiger partial charge is 0.270 e. The molecule has 0 aliphatic rings. The van der Waals surface area contributed by atoms with Gasteiger partial charge in [0.1, 0.15) is 16.5 Å². The molecule has 2 amide bonds. The molecule has 0 spiro atoms. The summed E-state index contributed by atoms with van der Waals surface area (Å²) < 4.78 is 5.30. The molecule has 0 aliphatic heterocycles. The van der Waals surface area contributed by atoms with Gasteiger partial charge in [0.2, 0.25) is 0 Å². The number of rotatable bonds is 9. The Morgan fingerprint density at radius 1 is 1.23 bits per heavy atom. The van der Waals surface area contributed by atoms with Gasteiger partial charge in [0.25, 0.3) is 11.8 Å². The van der Waals surface area contributed by atoms with Crippen molar-refractivity contribution < 1.29 is 14.3 Å². The van der Waals surface area contributed by atoms with Crippen LogP contribution < -0.4 is 10.1 Å². The van der Waals surface area contributed by atoms with Crippen molar-refractivity contribution in [2.45, 2.75) is 33.2 Å². The number of ether oxygens (including phenoxy) is 1. The Labute approximate surface area is 158 Å². The first-order chi connectivity index (χ1) is 12.6. The molecule has 26 heavy (non-hydrogen) atoms. The van der Waals surface area contributed by atoms with Crippen LogP contribution in [0.25, 0.3) is 0 Å².